The Morgan fingerprint density at radius 1 is 0.250 bits per heavy atom. The minimum atomic E-state index is 0.896. The molecule has 6 aromatic heterocycles. The largest absolute Gasteiger partial charge is 0.454 e. The van der Waals surface area contributed by atoms with Crippen LogP contribution in [0.25, 0.3) is 184 Å². The number of benzene rings is 14. The number of fused-ring (bicyclic) bond motifs is 18. The van der Waals surface area contributed by atoms with Crippen LogP contribution in [0.5, 0.6) is 0 Å². The Morgan fingerprint density at radius 3 is 1.16 bits per heavy atom. The molecular weight excluding hydrogens is 1160 g/mol. The van der Waals surface area contributed by atoms with Crippen molar-refractivity contribution in [2.24, 2.45) is 0 Å². The third kappa shape index (κ3) is 8.14. The van der Waals surface area contributed by atoms with Crippen molar-refractivity contribution < 1.29 is 8.83 Å². The van der Waals surface area contributed by atoms with Gasteiger partial charge in [0.25, 0.3) is 0 Å². The summed E-state index contributed by atoms with van der Waals surface area (Å²) in [6.45, 7) is 0. The Bertz CT molecular complexity index is 6320. The van der Waals surface area contributed by atoms with Gasteiger partial charge in [-0.3, -0.25) is 0 Å². The fourth-order valence-electron chi connectivity index (χ4n) is 14.6. The van der Waals surface area contributed by atoms with Gasteiger partial charge in [-0.15, -0.1) is 22.7 Å². The van der Waals surface area contributed by atoms with Crippen molar-refractivity contribution in [3.05, 3.63) is 315 Å². The molecule has 0 bridgehead atoms. The van der Waals surface area contributed by atoms with E-state index in [9.17, 15) is 0 Å². The van der Waals surface area contributed by atoms with Crippen molar-refractivity contribution in [3.63, 3.8) is 0 Å². The molecule has 4 nitrogen and oxygen atoms in total. The first kappa shape index (κ1) is 52.4. The van der Waals surface area contributed by atoms with Gasteiger partial charge in [0.05, 0.1) is 21.8 Å². The Labute approximate surface area is 536 Å². The SMILES string of the molecule is c1ccc(-c2cccc3c2sc2cccc(-c4cccc(-c5cccc6oc7c8ccccc8n(-c8ccccc8)c7c56)c4)c23)cc1.c1ccc(-n2c3ccccc3c3oc4cccc(-c5cccc(-c6cccc7sc8c9ccccc9ccc8c67)c5)c4c32)cc1. The van der Waals surface area contributed by atoms with Gasteiger partial charge in [-0.25, -0.2) is 0 Å². The van der Waals surface area contributed by atoms with Gasteiger partial charge in [0.15, 0.2) is 11.2 Å². The van der Waals surface area contributed by atoms with Crippen LogP contribution in [0.4, 0.5) is 0 Å². The van der Waals surface area contributed by atoms with Crippen molar-refractivity contribution in [1.29, 1.82) is 0 Å². The van der Waals surface area contributed by atoms with Gasteiger partial charge in [-0.1, -0.05) is 231 Å². The number of nitrogens with zero attached hydrogens (tertiary/aromatic N) is 2. The van der Waals surface area contributed by atoms with Crippen LogP contribution >= 0.6 is 22.7 Å². The predicted molar refractivity (Wildman–Crippen MR) is 392 cm³/mol. The standard InChI is InChI=1S/C44H27NOS.C42H25NOS/c1-3-13-28(14-4-1)34-22-10-23-36-40-32(21-12-26-39(40)47-44(34)36)29-15-9-16-30(27-29)33-20-11-25-38-41(33)42-43(46-38)35-19-7-8-24-37(35)45(42)31-17-5-2-6-18-31;1-2-14-29(15-3-1)43-35-20-7-6-17-33(35)41-40(43)39-31(18-9-21-36(39)44-41)28-13-8-12-27(25-28)30-19-10-22-37-38(30)34-24-23-26-11-4-5-16-32(26)42(34)45-37/h1-27H;1-25H. The Morgan fingerprint density at radius 2 is 0.630 bits per heavy atom. The number of thiophene rings is 2. The molecule has 430 valence electrons. The maximum Gasteiger partial charge on any atom is 0.161 e. The van der Waals surface area contributed by atoms with Gasteiger partial charge in [0.2, 0.25) is 0 Å². The second-order valence-corrected chi connectivity index (χ2v) is 25.8. The highest BCUT2D eigenvalue weighted by Crippen LogP contribution is 2.49. The highest BCUT2D eigenvalue weighted by molar-refractivity contribution is 7.27. The zero-order chi connectivity index (χ0) is 60.4. The maximum atomic E-state index is 6.67. The van der Waals surface area contributed by atoms with Gasteiger partial charge in [-0.05, 0) is 151 Å². The molecule has 0 aliphatic carbocycles. The summed E-state index contributed by atoms with van der Waals surface area (Å²) in [5.41, 5.74) is 22.5. The summed E-state index contributed by atoms with van der Waals surface area (Å²) in [4.78, 5) is 0. The molecule has 92 heavy (non-hydrogen) atoms. The summed E-state index contributed by atoms with van der Waals surface area (Å²) in [5.74, 6) is 0. The first-order chi connectivity index (χ1) is 45.7. The first-order valence-electron chi connectivity index (χ1n) is 31.2. The molecule has 6 heteroatoms. The molecule has 0 unspecified atom stereocenters. The molecule has 0 saturated carbocycles. The highest BCUT2D eigenvalue weighted by atomic mass is 32.1. The summed E-state index contributed by atoms with van der Waals surface area (Å²) in [5, 5.41) is 12.4. The summed E-state index contributed by atoms with van der Waals surface area (Å²) in [6, 6.07) is 113. The Kier molecular flexibility index (Phi) is 12.0. The molecule has 0 fully saturated rings. The second kappa shape index (κ2) is 21.0. The maximum absolute atomic E-state index is 6.67. The van der Waals surface area contributed by atoms with E-state index in [4.69, 9.17) is 8.83 Å². The number of furan rings is 2. The summed E-state index contributed by atoms with van der Waals surface area (Å²) in [6.07, 6.45) is 0. The molecule has 0 saturated heterocycles. The molecular formula is C86H52N2O2S2. The van der Waals surface area contributed by atoms with E-state index in [1.54, 1.807) is 0 Å². The van der Waals surface area contributed by atoms with E-state index in [0.717, 1.165) is 82.9 Å². The molecule has 6 heterocycles. The monoisotopic (exact) mass is 1210 g/mol. The van der Waals surface area contributed by atoms with E-state index in [1.807, 2.05) is 22.7 Å². The van der Waals surface area contributed by atoms with Gasteiger partial charge in [0.1, 0.15) is 22.2 Å². The smallest absolute Gasteiger partial charge is 0.161 e. The number of rotatable bonds is 7. The second-order valence-electron chi connectivity index (χ2n) is 23.7. The minimum absolute atomic E-state index is 0.896. The summed E-state index contributed by atoms with van der Waals surface area (Å²) in [7, 11) is 0. The number of aromatic nitrogens is 2. The van der Waals surface area contributed by atoms with E-state index in [0.29, 0.717) is 0 Å². The number of hydrogen-bond acceptors (Lipinski definition) is 4. The van der Waals surface area contributed by atoms with E-state index in [2.05, 4.69) is 325 Å². The van der Waals surface area contributed by atoms with E-state index in [-0.39, 0.29) is 0 Å². The van der Waals surface area contributed by atoms with E-state index >= 15 is 0 Å². The van der Waals surface area contributed by atoms with Crippen molar-refractivity contribution >= 4 is 140 Å². The average Bonchev–Trinajstić information content (AvgIpc) is 1.63. The molecule has 20 aromatic rings. The van der Waals surface area contributed by atoms with Crippen LogP contribution in [0.1, 0.15) is 0 Å². The molecule has 0 spiro atoms. The zero-order valence-corrected chi connectivity index (χ0v) is 51.2. The Balaban J connectivity index is 0.000000132. The lowest BCUT2D eigenvalue weighted by atomic mass is 9.94. The molecule has 0 aliphatic rings. The minimum Gasteiger partial charge on any atom is -0.454 e. The van der Waals surface area contributed by atoms with E-state index < -0.39 is 0 Å². The quantitative estimate of drug-likeness (QED) is 0.159. The zero-order valence-electron chi connectivity index (χ0n) is 49.5. The molecule has 14 aromatic carbocycles. The van der Waals surface area contributed by atoms with Crippen molar-refractivity contribution in [2.75, 3.05) is 0 Å². The van der Waals surface area contributed by atoms with E-state index in [1.165, 1.54) is 101 Å². The fourth-order valence-corrected chi connectivity index (χ4v) is 17.2. The molecule has 0 N–H and O–H groups in total. The topological polar surface area (TPSA) is 36.1 Å². The van der Waals surface area contributed by atoms with Crippen LogP contribution < -0.4 is 0 Å². The first-order valence-corrected chi connectivity index (χ1v) is 32.8. The number of hydrogen-bond donors (Lipinski definition) is 0. The lowest BCUT2D eigenvalue weighted by Gasteiger charge is -2.11. The van der Waals surface area contributed by atoms with Crippen molar-refractivity contribution in [1.82, 2.24) is 9.13 Å². The third-order valence-electron chi connectivity index (χ3n) is 18.6. The summed E-state index contributed by atoms with van der Waals surface area (Å²) >= 11 is 3.77. The predicted octanol–water partition coefficient (Wildman–Crippen LogP) is 25.3. The fraction of sp³-hybridized carbons (Fsp3) is 0. The van der Waals surface area contributed by atoms with Gasteiger partial charge >= 0.3 is 0 Å². The lowest BCUT2D eigenvalue weighted by Crippen LogP contribution is -1.93. The van der Waals surface area contributed by atoms with Crippen LogP contribution in [-0.4, -0.2) is 9.13 Å². The van der Waals surface area contributed by atoms with Crippen LogP contribution in [0.2, 0.25) is 0 Å². The molecule has 0 atom stereocenters. The van der Waals surface area contributed by atoms with Crippen molar-refractivity contribution in [2.45, 2.75) is 0 Å². The molecule has 0 aliphatic heterocycles. The van der Waals surface area contributed by atoms with Crippen molar-refractivity contribution in [3.8, 4) is 67.0 Å². The summed E-state index contributed by atoms with van der Waals surface area (Å²) < 4.78 is 23.3. The molecule has 0 amide bonds. The lowest BCUT2D eigenvalue weighted by molar-refractivity contribution is 0.672. The highest BCUT2D eigenvalue weighted by Gasteiger charge is 2.25. The normalized spacial score (nSPS) is 11.9. The van der Waals surface area contributed by atoms with Crippen LogP contribution in [0.15, 0.2) is 324 Å². The third-order valence-corrected chi connectivity index (χ3v) is 21.0. The molecule has 0 radical (unpaired) electrons. The average molecular weight is 1210 g/mol. The van der Waals surface area contributed by atoms with Gasteiger partial charge < -0.3 is 18.0 Å². The van der Waals surface area contributed by atoms with Crippen LogP contribution in [0, 0.1) is 0 Å². The van der Waals surface area contributed by atoms with Gasteiger partial charge in [-0.2, -0.15) is 0 Å². The van der Waals surface area contributed by atoms with Crippen LogP contribution in [-0.2, 0) is 0 Å². The number of para-hydroxylation sites is 4. The van der Waals surface area contributed by atoms with Gasteiger partial charge in [0, 0.05) is 62.5 Å². The Hall–Kier alpha value is -11.5. The van der Waals surface area contributed by atoms with Crippen LogP contribution in [0.3, 0.4) is 0 Å². The molecule has 20 rings (SSSR count).